The van der Waals surface area contributed by atoms with Gasteiger partial charge in [0.25, 0.3) is 0 Å². The summed E-state index contributed by atoms with van der Waals surface area (Å²) in [6.07, 6.45) is 7.70. The molecule has 1 aliphatic rings. The van der Waals surface area contributed by atoms with Crippen LogP contribution in [-0.4, -0.2) is 23.5 Å². The van der Waals surface area contributed by atoms with E-state index >= 15 is 0 Å². The SMILES string of the molecule is CC(C)C[C@@H](C)C(F)(F)C(=O)CC[C@H]1CCC(=O)[C@@H]1CC=CCCCC(=O)OCc1ccccc1. The summed E-state index contributed by atoms with van der Waals surface area (Å²) in [5, 5.41) is 0. The molecule has 1 fully saturated rings. The fourth-order valence-electron chi connectivity index (χ4n) is 4.79. The van der Waals surface area contributed by atoms with Crippen LogP contribution in [0.3, 0.4) is 0 Å². The maximum absolute atomic E-state index is 14.5. The Balaban J connectivity index is 1.70. The molecular weight excluding hydrogens is 450 g/mol. The molecule has 3 atom stereocenters. The molecular formula is C29H40F2O4. The molecule has 0 bridgehead atoms. The summed E-state index contributed by atoms with van der Waals surface area (Å²) in [6, 6.07) is 9.52. The largest absolute Gasteiger partial charge is 0.461 e. The normalized spacial score (nSPS) is 19.4. The van der Waals surface area contributed by atoms with Crippen LogP contribution in [0.25, 0.3) is 0 Å². The molecule has 194 valence electrons. The summed E-state index contributed by atoms with van der Waals surface area (Å²) in [6.45, 7) is 5.45. The number of benzene rings is 1. The Bertz CT molecular complexity index is 847. The Labute approximate surface area is 208 Å². The molecule has 1 saturated carbocycles. The van der Waals surface area contributed by atoms with Gasteiger partial charge in [0.2, 0.25) is 5.78 Å². The third kappa shape index (κ3) is 9.65. The first-order valence-corrected chi connectivity index (χ1v) is 12.9. The summed E-state index contributed by atoms with van der Waals surface area (Å²) >= 11 is 0. The third-order valence-corrected chi connectivity index (χ3v) is 6.85. The predicted octanol–water partition coefficient (Wildman–Crippen LogP) is 7.11. The zero-order valence-corrected chi connectivity index (χ0v) is 21.3. The summed E-state index contributed by atoms with van der Waals surface area (Å²) in [5.41, 5.74) is 0.951. The topological polar surface area (TPSA) is 60.4 Å². The van der Waals surface area contributed by atoms with Crippen LogP contribution in [0.5, 0.6) is 0 Å². The van der Waals surface area contributed by atoms with Crippen molar-refractivity contribution < 1.29 is 27.9 Å². The van der Waals surface area contributed by atoms with E-state index in [2.05, 4.69) is 0 Å². The Morgan fingerprint density at radius 3 is 2.51 bits per heavy atom. The lowest BCUT2D eigenvalue weighted by atomic mass is 9.85. The fraction of sp³-hybridized carbons (Fsp3) is 0.621. The summed E-state index contributed by atoms with van der Waals surface area (Å²) in [4.78, 5) is 36.5. The van der Waals surface area contributed by atoms with Crippen LogP contribution in [0.15, 0.2) is 42.5 Å². The predicted molar refractivity (Wildman–Crippen MR) is 133 cm³/mol. The minimum atomic E-state index is -3.31. The van der Waals surface area contributed by atoms with Gasteiger partial charge >= 0.3 is 11.9 Å². The van der Waals surface area contributed by atoms with Crippen LogP contribution in [0.2, 0.25) is 0 Å². The lowest BCUT2D eigenvalue weighted by molar-refractivity contribution is -0.151. The Hall–Kier alpha value is -2.37. The van der Waals surface area contributed by atoms with Gasteiger partial charge in [0.1, 0.15) is 12.4 Å². The van der Waals surface area contributed by atoms with Crippen LogP contribution >= 0.6 is 0 Å². The van der Waals surface area contributed by atoms with Gasteiger partial charge in [-0.15, -0.1) is 0 Å². The van der Waals surface area contributed by atoms with Crippen LogP contribution in [0.4, 0.5) is 8.78 Å². The molecule has 0 aromatic heterocycles. The maximum atomic E-state index is 14.5. The van der Waals surface area contributed by atoms with Crippen molar-refractivity contribution in [3.05, 3.63) is 48.0 Å². The standard InChI is InChI=1S/C29H40F2O4/c1-21(2)19-22(3)29(30,31)27(33)18-16-24-15-17-26(32)25(24)13-9-4-5-10-14-28(34)35-20-23-11-7-6-8-12-23/h4,6-9,11-12,21-22,24-25H,5,10,13-20H2,1-3H3/t22-,24-,25-/m1/s1. The van der Waals surface area contributed by atoms with E-state index in [9.17, 15) is 23.2 Å². The molecule has 1 aromatic rings. The Morgan fingerprint density at radius 2 is 1.83 bits per heavy atom. The molecule has 1 aromatic carbocycles. The van der Waals surface area contributed by atoms with Crippen molar-refractivity contribution in [3.8, 4) is 0 Å². The number of carbonyl (C=O) groups excluding carboxylic acids is 3. The fourth-order valence-corrected chi connectivity index (χ4v) is 4.79. The Kier molecular flexibility index (Phi) is 11.8. The van der Waals surface area contributed by atoms with Crippen molar-refractivity contribution in [1.82, 2.24) is 0 Å². The number of hydrogen-bond donors (Lipinski definition) is 0. The van der Waals surface area contributed by atoms with Gasteiger partial charge in [-0.2, -0.15) is 8.78 Å². The molecule has 0 heterocycles. The van der Waals surface area contributed by atoms with E-state index in [0.717, 1.165) is 5.56 Å². The van der Waals surface area contributed by atoms with Crippen molar-refractivity contribution in [2.45, 2.75) is 91.1 Å². The van der Waals surface area contributed by atoms with E-state index in [1.807, 2.05) is 56.3 Å². The molecule has 0 aliphatic heterocycles. The number of rotatable bonds is 15. The number of alkyl halides is 2. The zero-order chi connectivity index (χ0) is 25.8. The minimum absolute atomic E-state index is 0.0275. The highest BCUT2D eigenvalue weighted by Crippen LogP contribution is 2.37. The molecule has 1 aliphatic carbocycles. The minimum Gasteiger partial charge on any atom is -0.461 e. The molecule has 2 rings (SSSR count). The van der Waals surface area contributed by atoms with Crippen LogP contribution < -0.4 is 0 Å². The summed E-state index contributed by atoms with van der Waals surface area (Å²) in [7, 11) is 0. The number of unbranched alkanes of at least 4 members (excludes halogenated alkanes) is 1. The van der Waals surface area contributed by atoms with Gasteiger partial charge < -0.3 is 4.74 Å². The second kappa shape index (κ2) is 14.3. The van der Waals surface area contributed by atoms with Crippen LogP contribution in [0, 0.1) is 23.7 Å². The molecule has 35 heavy (non-hydrogen) atoms. The van der Waals surface area contributed by atoms with Gasteiger partial charge in [0, 0.05) is 31.1 Å². The summed E-state index contributed by atoms with van der Waals surface area (Å²) in [5.74, 6) is -5.52. The highest BCUT2D eigenvalue weighted by molar-refractivity contribution is 5.86. The number of allylic oxidation sites excluding steroid dienone is 2. The van der Waals surface area contributed by atoms with Gasteiger partial charge in [-0.1, -0.05) is 63.3 Å². The zero-order valence-electron chi connectivity index (χ0n) is 21.3. The second-order valence-corrected chi connectivity index (χ2v) is 10.2. The van der Waals surface area contributed by atoms with Gasteiger partial charge in [0.15, 0.2) is 0 Å². The average Bonchev–Trinajstić information content (AvgIpc) is 3.17. The van der Waals surface area contributed by atoms with E-state index in [0.29, 0.717) is 51.4 Å². The van der Waals surface area contributed by atoms with E-state index in [-0.39, 0.29) is 42.5 Å². The van der Waals surface area contributed by atoms with E-state index in [1.54, 1.807) is 0 Å². The number of hydrogen-bond acceptors (Lipinski definition) is 4. The number of carbonyl (C=O) groups is 3. The van der Waals surface area contributed by atoms with Crippen molar-refractivity contribution in [2.75, 3.05) is 0 Å². The number of halogens is 2. The van der Waals surface area contributed by atoms with Crippen molar-refractivity contribution >= 4 is 17.5 Å². The monoisotopic (exact) mass is 490 g/mol. The van der Waals surface area contributed by atoms with E-state index < -0.39 is 17.6 Å². The number of esters is 1. The van der Waals surface area contributed by atoms with Crippen molar-refractivity contribution in [2.24, 2.45) is 23.7 Å². The highest BCUT2D eigenvalue weighted by atomic mass is 19.3. The molecule has 0 radical (unpaired) electrons. The average molecular weight is 491 g/mol. The van der Waals surface area contributed by atoms with Crippen molar-refractivity contribution in [3.63, 3.8) is 0 Å². The summed E-state index contributed by atoms with van der Waals surface area (Å²) < 4.78 is 34.2. The number of ketones is 2. The molecule has 0 amide bonds. The smallest absolute Gasteiger partial charge is 0.307 e. The van der Waals surface area contributed by atoms with E-state index in [1.165, 1.54) is 6.92 Å². The van der Waals surface area contributed by atoms with Crippen LogP contribution in [-0.2, 0) is 25.7 Å². The first-order chi connectivity index (χ1) is 16.6. The molecule has 0 N–H and O–H groups in total. The van der Waals surface area contributed by atoms with Gasteiger partial charge in [-0.25, -0.2) is 0 Å². The second-order valence-electron chi connectivity index (χ2n) is 10.2. The quantitative estimate of drug-likeness (QED) is 0.149. The van der Waals surface area contributed by atoms with Crippen molar-refractivity contribution in [1.29, 1.82) is 0 Å². The first-order valence-electron chi connectivity index (χ1n) is 12.9. The lowest BCUT2D eigenvalue weighted by Gasteiger charge is -2.25. The van der Waals surface area contributed by atoms with E-state index in [4.69, 9.17) is 4.74 Å². The number of Topliss-reactive ketones (excluding diaryl/α,β-unsaturated/α-hetero) is 2. The Morgan fingerprint density at radius 1 is 1.11 bits per heavy atom. The highest BCUT2D eigenvalue weighted by Gasteiger charge is 2.44. The molecule has 4 nitrogen and oxygen atoms in total. The van der Waals surface area contributed by atoms with Crippen LogP contribution in [0.1, 0.15) is 84.1 Å². The van der Waals surface area contributed by atoms with Gasteiger partial charge in [0.05, 0.1) is 0 Å². The van der Waals surface area contributed by atoms with Gasteiger partial charge in [-0.05, 0) is 55.9 Å². The third-order valence-electron chi connectivity index (χ3n) is 6.85. The molecule has 0 unspecified atom stereocenters. The molecule has 0 spiro atoms. The molecule has 0 saturated heterocycles. The first kappa shape index (κ1) is 28.9. The number of ether oxygens (including phenoxy) is 1. The molecule has 6 heteroatoms. The maximum Gasteiger partial charge on any atom is 0.307 e. The van der Waals surface area contributed by atoms with Gasteiger partial charge in [-0.3, -0.25) is 14.4 Å². The lowest BCUT2D eigenvalue weighted by Crippen LogP contribution is -2.36.